The second-order valence-electron chi connectivity index (χ2n) is 12.1. The third-order valence-corrected chi connectivity index (χ3v) is 10.4. The molecular weight excluding hydrogens is 670 g/mol. The molecule has 1 N–H and O–H groups in total. The number of ether oxygens (including phenoxy) is 3. The summed E-state index contributed by atoms with van der Waals surface area (Å²) in [5.74, 6) is 0.957. The maximum absolute atomic E-state index is 13.9. The number of thioether (sulfide) groups is 1. The molecule has 6 rings (SSSR count). The lowest BCUT2D eigenvalue weighted by molar-refractivity contribution is -0.132. The van der Waals surface area contributed by atoms with E-state index in [1.54, 1.807) is 30.3 Å². The lowest BCUT2D eigenvalue weighted by Gasteiger charge is -2.24. The van der Waals surface area contributed by atoms with E-state index in [0.29, 0.717) is 63.3 Å². The number of carbonyl (C=O) groups is 2. The van der Waals surface area contributed by atoms with Crippen LogP contribution in [0.4, 0.5) is 5.13 Å². The van der Waals surface area contributed by atoms with Crippen LogP contribution in [0, 0.1) is 5.92 Å². The van der Waals surface area contributed by atoms with Crippen LogP contribution in [0.2, 0.25) is 5.02 Å². The van der Waals surface area contributed by atoms with E-state index < -0.39 is 17.7 Å². The fourth-order valence-corrected chi connectivity index (χ4v) is 7.59. The molecule has 3 aromatic carbocycles. The second kappa shape index (κ2) is 14.6. The molecule has 2 atom stereocenters. The summed E-state index contributed by atoms with van der Waals surface area (Å²) < 4.78 is 18.5. The van der Waals surface area contributed by atoms with Gasteiger partial charge in [-0.3, -0.25) is 14.5 Å². The normalized spacial score (nSPS) is 18.3. The molecule has 3 heterocycles. The van der Waals surface area contributed by atoms with E-state index in [0.717, 1.165) is 23.3 Å². The summed E-state index contributed by atoms with van der Waals surface area (Å²) in [4.78, 5) is 29.0. The molecule has 1 amide bonds. The number of ketones is 1. The van der Waals surface area contributed by atoms with Gasteiger partial charge in [-0.1, -0.05) is 66.7 Å². The highest BCUT2D eigenvalue weighted by atomic mass is 35.5. The van der Waals surface area contributed by atoms with Crippen LogP contribution in [0.25, 0.3) is 5.76 Å². The van der Waals surface area contributed by atoms with Crippen LogP contribution in [0.5, 0.6) is 17.2 Å². The maximum atomic E-state index is 13.9. The first-order valence-corrected chi connectivity index (χ1v) is 18.0. The van der Waals surface area contributed by atoms with Gasteiger partial charge in [0.1, 0.15) is 17.6 Å². The van der Waals surface area contributed by atoms with Gasteiger partial charge >= 0.3 is 5.91 Å². The van der Waals surface area contributed by atoms with Gasteiger partial charge < -0.3 is 19.3 Å². The van der Waals surface area contributed by atoms with Crippen molar-refractivity contribution in [2.45, 2.75) is 62.8 Å². The van der Waals surface area contributed by atoms with E-state index in [-0.39, 0.29) is 22.6 Å². The zero-order valence-electron chi connectivity index (χ0n) is 27.1. The largest absolute Gasteiger partial charge is 0.507 e. The van der Waals surface area contributed by atoms with Gasteiger partial charge in [0.2, 0.25) is 5.13 Å². The van der Waals surface area contributed by atoms with Crippen molar-refractivity contribution in [1.29, 1.82) is 0 Å². The lowest BCUT2D eigenvalue weighted by Crippen LogP contribution is -2.29. The van der Waals surface area contributed by atoms with E-state index in [4.69, 9.17) is 25.8 Å². The van der Waals surface area contributed by atoms with E-state index in [2.05, 4.69) is 24.0 Å². The zero-order valence-corrected chi connectivity index (χ0v) is 29.5. The molecule has 2 aliphatic heterocycles. The maximum Gasteiger partial charge on any atom is 0.301 e. The van der Waals surface area contributed by atoms with Crippen molar-refractivity contribution in [3.8, 4) is 17.2 Å². The molecule has 1 saturated heterocycles. The number of halogens is 1. The standard InChI is InChI=1S/C36H36ClN3O6S2/c1-5-44-29-18-23(8-13-28(29)45-15-14-20(2)3)31-30(32(41)24-9-12-27-25(17-24)16-21(4)46-27)33(42)34(43)40(31)35-38-39-36(48-35)47-19-22-6-10-26(37)11-7-22/h6-13,17-18,20-21,31,41H,5,14-16,19H2,1-4H3/b32-30+/t21-,31-/m0/s1. The molecular formula is C36H36ClN3O6S2. The molecule has 0 saturated carbocycles. The number of benzene rings is 3. The van der Waals surface area contributed by atoms with Crippen molar-refractivity contribution in [3.63, 3.8) is 0 Å². The number of amides is 1. The van der Waals surface area contributed by atoms with E-state index in [1.165, 1.54) is 28.0 Å². The average Bonchev–Trinajstić information content (AvgIpc) is 3.75. The van der Waals surface area contributed by atoms with Gasteiger partial charge in [-0.2, -0.15) is 0 Å². The van der Waals surface area contributed by atoms with Gasteiger partial charge in [0.25, 0.3) is 5.78 Å². The Labute approximate surface area is 292 Å². The number of aliphatic hydroxyl groups is 1. The van der Waals surface area contributed by atoms with Crippen molar-refractivity contribution < 1.29 is 28.9 Å². The Bertz CT molecular complexity index is 1860. The van der Waals surface area contributed by atoms with Gasteiger partial charge in [0.15, 0.2) is 15.8 Å². The quantitative estimate of drug-likeness (QED) is 0.0512. The second-order valence-corrected chi connectivity index (χ2v) is 14.7. The Hall–Kier alpha value is -4.06. The van der Waals surface area contributed by atoms with Gasteiger partial charge in [-0.25, -0.2) is 0 Å². The third-order valence-electron chi connectivity index (χ3n) is 8.03. The van der Waals surface area contributed by atoms with Gasteiger partial charge in [-0.05, 0) is 85.3 Å². The van der Waals surface area contributed by atoms with Crippen molar-refractivity contribution in [2.75, 3.05) is 18.1 Å². The number of hydrogen-bond donors (Lipinski definition) is 1. The summed E-state index contributed by atoms with van der Waals surface area (Å²) in [5.41, 5.74) is 2.90. The number of Topliss-reactive ketones (excluding diaryl/α,β-unsaturated/α-hetero) is 1. The van der Waals surface area contributed by atoms with Crippen molar-refractivity contribution in [3.05, 3.63) is 93.5 Å². The summed E-state index contributed by atoms with van der Waals surface area (Å²) in [6, 6.07) is 17.2. The Morgan fingerprint density at radius 1 is 1.08 bits per heavy atom. The lowest BCUT2D eigenvalue weighted by atomic mass is 9.94. The fraction of sp³-hybridized carbons (Fsp3) is 0.333. The van der Waals surface area contributed by atoms with Crippen molar-refractivity contribution in [1.82, 2.24) is 10.2 Å². The molecule has 48 heavy (non-hydrogen) atoms. The molecule has 0 radical (unpaired) electrons. The molecule has 0 bridgehead atoms. The molecule has 250 valence electrons. The summed E-state index contributed by atoms with van der Waals surface area (Å²) >= 11 is 8.70. The van der Waals surface area contributed by atoms with Crippen LogP contribution in [-0.4, -0.2) is 46.3 Å². The molecule has 4 aromatic rings. The molecule has 0 spiro atoms. The highest BCUT2D eigenvalue weighted by Gasteiger charge is 2.48. The van der Waals surface area contributed by atoms with Gasteiger partial charge in [0, 0.05) is 22.8 Å². The first-order chi connectivity index (χ1) is 23.1. The zero-order chi connectivity index (χ0) is 33.9. The van der Waals surface area contributed by atoms with Crippen molar-refractivity contribution in [2.24, 2.45) is 5.92 Å². The van der Waals surface area contributed by atoms with Gasteiger partial charge in [-0.15, -0.1) is 10.2 Å². The molecule has 1 aromatic heterocycles. The summed E-state index contributed by atoms with van der Waals surface area (Å²) in [5, 5.41) is 21.3. The Kier molecular flexibility index (Phi) is 10.3. The minimum Gasteiger partial charge on any atom is -0.507 e. The van der Waals surface area contributed by atoms with E-state index >= 15 is 0 Å². The van der Waals surface area contributed by atoms with E-state index in [1.807, 2.05) is 44.2 Å². The average molecular weight is 706 g/mol. The molecule has 12 heteroatoms. The minimum atomic E-state index is -1.00. The number of nitrogens with zero attached hydrogens (tertiary/aromatic N) is 3. The number of carbonyl (C=O) groups excluding carboxylic acids is 2. The Morgan fingerprint density at radius 2 is 1.88 bits per heavy atom. The Morgan fingerprint density at radius 3 is 2.62 bits per heavy atom. The summed E-state index contributed by atoms with van der Waals surface area (Å²) in [7, 11) is 0. The number of aromatic nitrogens is 2. The van der Waals surface area contributed by atoms with Crippen LogP contribution in [0.15, 0.2) is 70.6 Å². The number of aliphatic hydroxyl groups excluding tert-OH is 1. The monoisotopic (exact) mass is 705 g/mol. The van der Waals surface area contributed by atoms with E-state index in [9.17, 15) is 14.7 Å². The van der Waals surface area contributed by atoms with Crippen LogP contribution < -0.4 is 19.1 Å². The topological polar surface area (TPSA) is 111 Å². The summed E-state index contributed by atoms with van der Waals surface area (Å²) in [6.45, 7) is 8.99. The fourth-order valence-electron chi connectivity index (χ4n) is 5.64. The first kappa shape index (κ1) is 33.8. The van der Waals surface area contributed by atoms with Gasteiger partial charge in [0.05, 0.1) is 24.8 Å². The molecule has 0 unspecified atom stereocenters. The molecule has 9 nitrogen and oxygen atoms in total. The first-order valence-electron chi connectivity index (χ1n) is 15.8. The van der Waals surface area contributed by atoms with Crippen LogP contribution in [-0.2, 0) is 21.8 Å². The highest BCUT2D eigenvalue weighted by molar-refractivity contribution is 8.00. The third kappa shape index (κ3) is 7.18. The number of fused-ring (bicyclic) bond motifs is 1. The van der Waals surface area contributed by atoms with Crippen LogP contribution >= 0.6 is 34.7 Å². The highest BCUT2D eigenvalue weighted by Crippen LogP contribution is 2.46. The Balaban J connectivity index is 1.40. The predicted molar refractivity (Wildman–Crippen MR) is 189 cm³/mol. The number of anilines is 1. The molecule has 0 aliphatic carbocycles. The minimum absolute atomic E-state index is 0.00500. The van der Waals surface area contributed by atoms with Crippen molar-refractivity contribution >= 4 is 57.3 Å². The smallest absolute Gasteiger partial charge is 0.301 e. The number of rotatable bonds is 12. The summed E-state index contributed by atoms with van der Waals surface area (Å²) in [6.07, 6.45) is 1.55. The van der Waals surface area contributed by atoms with Crippen LogP contribution in [0.1, 0.15) is 62.4 Å². The number of hydrogen-bond acceptors (Lipinski definition) is 10. The SMILES string of the molecule is CCOc1cc([C@H]2/C(=C(\O)c3ccc4c(c3)C[C@H](C)O4)C(=O)C(=O)N2c2nnc(SCc3ccc(Cl)cc3)s2)ccc1OCCC(C)C. The van der Waals surface area contributed by atoms with Crippen LogP contribution in [0.3, 0.4) is 0 Å². The molecule has 1 fully saturated rings. The molecule has 2 aliphatic rings. The predicted octanol–water partition coefficient (Wildman–Crippen LogP) is 8.26.